The maximum Gasteiger partial charge on any atom is 0.330 e. The number of fused-ring (bicyclic) bond motifs is 1. The minimum absolute atomic E-state index is 0.0551. The van der Waals surface area contributed by atoms with Crippen molar-refractivity contribution in [3.05, 3.63) is 35.4 Å². The summed E-state index contributed by atoms with van der Waals surface area (Å²) in [5.41, 5.74) is 0.562. The third-order valence-electron chi connectivity index (χ3n) is 3.97. The van der Waals surface area contributed by atoms with E-state index < -0.39 is 29.9 Å². The number of hydrogen-bond donors (Lipinski definition) is 0. The number of ketones is 1. The summed E-state index contributed by atoms with van der Waals surface area (Å²) >= 11 is 0. The van der Waals surface area contributed by atoms with Crippen LogP contribution in [0.5, 0.6) is 0 Å². The van der Waals surface area contributed by atoms with Gasteiger partial charge in [0, 0.05) is 0 Å². The second kappa shape index (κ2) is 6.95. The van der Waals surface area contributed by atoms with Gasteiger partial charge in [0.15, 0.2) is 11.9 Å². The summed E-state index contributed by atoms with van der Waals surface area (Å²) in [4.78, 5) is 50.0. The highest BCUT2D eigenvalue weighted by Gasteiger charge is 2.43. The second-order valence-electron chi connectivity index (χ2n) is 6.36. The number of amides is 2. The number of Topliss-reactive ketones (excluding diaryl/α,β-unsaturated/α-hetero) is 1. The van der Waals surface area contributed by atoms with Gasteiger partial charge < -0.3 is 4.74 Å². The smallest absolute Gasteiger partial charge is 0.330 e. The van der Waals surface area contributed by atoms with Gasteiger partial charge in [0.2, 0.25) is 0 Å². The molecule has 0 spiro atoms. The summed E-state index contributed by atoms with van der Waals surface area (Å²) in [6, 6.07) is 5.42. The number of benzene rings is 1. The van der Waals surface area contributed by atoms with Gasteiger partial charge >= 0.3 is 5.97 Å². The van der Waals surface area contributed by atoms with Crippen LogP contribution >= 0.6 is 0 Å². The fourth-order valence-electron chi connectivity index (χ4n) is 2.58. The third-order valence-corrected chi connectivity index (χ3v) is 3.97. The molecule has 0 saturated heterocycles. The summed E-state index contributed by atoms with van der Waals surface area (Å²) in [6.07, 6.45) is -0.642. The molecule has 0 saturated carbocycles. The van der Waals surface area contributed by atoms with E-state index in [4.69, 9.17) is 4.74 Å². The molecule has 0 bridgehead atoms. The lowest BCUT2D eigenvalue weighted by Crippen LogP contribution is -2.47. The van der Waals surface area contributed by atoms with Crippen molar-refractivity contribution in [2.45, 2.75) is 46.3 Å². The van der Waals surface area contributed by atoms with Crippen LogP contribution in [-0.2, 0) is 14.3 Å². The number of ether oxygens (including phenoxy) is 1. The topological polar surface area (TPSA) is 80.8 Å². The lowest BCUT2D eigenvalue weighted by atomic mass is 10.0. The van der Waals surface area contributed by atoms with Gasteiger partial charge in [0.05, 0.1) is 11.1 Å². The average Bonchev–Trinajstić information content (AvgIpc) is 2.77. The molecular weight excluding hydrogens is 310 g/mol. The summed E-state index contributed by atoms with van der Waals surface area (Å²) in [5.74, 6) is -1.99. The van der Waals surface area contributed by atoms with Gasteiger partial charge in [-0.3, -0.25) is 19.3 Å². The third kappa shape index (κ3) is 3.37. The zero-order valence-electron chi connectivity index (χ0n) is 14.2. The summed E-state index contributed by atoms with van der Waals surface area (Å²) in [7, 11) is 0. The molecule has 0 radical (unpaired) electrons. The number of nitrogens with zero attached hydrogens (tertiary/aromatic N) is 1. The zero-order chi connectivity index (χ0) is 18.0. The Hall–Kier alpha value is -2.50. The summed E-state index contributed by atoms with van der Waals surface area (Å²) < 4.78 is 5.15. The molecule has 0 aromatic heterocycles. The Bertz CT molecular complexity index is 659. The van der Waals surface area contributed by atoms with Gasteiger partial charge in [-0.15, -0.1) is 0 Å². The Morgan fingerprint density at radius 3 is 1.96 bits per heavy atom. The van der Waals surface area contributed by atoms with Crippen molar-refractivity contribution in [2.75, 3.05) is 0 Å². The van der Waals surface area contributed by atoms with Gasteiger partial charge in [0.1, 0.15) is 6.04 Å². The van der Waals surface area contributed by atoms with Crippen molar-refractivity contribution < 1.29 is 23.9 Å². The molecule has 1 aromatic rings. The first-order valence-corrected chi connectivity index (χ1v) is 7.91. The van der Waals surface area contributed by atoms with E-state index in [2.05, 4.69) is 0 Å². The van der Waals surface area contributed by atoms with Crippen LogP contribution in [0.2, 0.25) is 0 Å². The van der Waals surface area contributed by atoms with Gasteiger partial charge in [-0.05, 0) is 38.3 Å². The van der Waals surface area contributed by atoms with E-state index in [-0.39, 0.29) is 29.2 Å². The van der Waals surface area contributed by atoms with Crippen molar-refractivity contribution in [1.82, 2.24) is 4.90 Å². The highest BCUT2D eigenvalue weighted by molar-refractivity contribution is 6.22. The molecule has 6 nitrogen and oxygen atoms in total. The van der Waals surface area contributed by atoms with Crippen LogP contribution in [0, 0.1) is 5.92 Å². The van der Waals surface area contributed by atoms with Crippen molar-refractivity contribution in [3.63, 3.8) is 0 Å². The highest BCUT2D eigenvalue weighted by Crippen LogP contribution is 2.27. The van der Waals surface area contributed by atoms with Crippen LogP contribution < -0.4 is 0 Å². The predicted octanol–water partition coefficient (Wildman–Crippen LogP) is 2.22. The summed E-state index contributed by atoms with van der Waals surface area (Å²) in [5, 5.41) is 0. The first-order chi connectivity index (χ1) is 11.2. The number of carbonyl (C=O) groups is 4. The maximum absolute atomic E-state index is 12.6. The van der Waals surface area contributed by atoms with E-state index >= 15 is 0 Å². The Balaban J connectivity index is 2.32. The molecule has 2 atom stereocenters. The first-order valence-electron chi connectivity index (χ1n) is 7.91. The molecule has 24 heavy (non-hydrogen) atoms. The SMILES string of the molecule is CC(=O)[C@@H](C)OC(=O)[C@H](CC(C)C)N1C(=O)c2ccccc2C1=O. The van der Waals surface area contributed by atoms with Crippen molar-refractivity contribution in [2.24, 2.45) is 5.92 Å². The molecule has 1 heterocycles. The van der Waals surface area contributed by atoms with Crippen molar-refractivity contribution in [1.29, 1.82) is 0 Å². The zero-order valence-corrected chi connectivity index (χ0v) is 14.2. The Kier molecular flexibility index (Phi) is 5.17. The lowest BCUT2D eigenvalue weighted by Gasteiger charge is -2.26. The minimum atomic E-state index is -1.04. The van der Waals surface area contributed by atoms with E-state index in [1.165, 1.54) is 13.8 Å². The average molecular weight is 331 g/mol. The van der Waals surface area contributed by atoms with Crippen LogP contribution in [0.1, 0.15) is 54.8 Å². The summed E-state index contributed by atoms with van der Waals surface area (Å²) in [6.45, 7) is 6.55. The lowest BCUT2D eigenvalue weighted by molar-refractivity contribution is -0.157. The maximum atomic E-state index is 12.6. The number of esters is 1. The van der Waals surface area contributed by atoms with Crippen molar-refractivity contribution >= 4 is 23.6 Å². The monoisotopic (exact) mass is 331 g/mol. The molecule has 128 valence electrons. The quantitative estimate of drug-likeness (QED) is 0.590. The molecule has 2 rings (SSSR count). The predicted molar refractivity (Wildman–Crippen MR) is 86.4 cm³/mol. The van der Waals surface area contributed by atoms with E-state index in [0.29, 0.717) is 0 Å². The number of carbonyl (C=O) groups excluding carboxylic acids is 4. The van der Waals surface area contributed by atoms with Crippen LogP contribution in [-0.4, -0.2) is 40.6 Å². The highest BCUT2D eigenvalue weighted by atomic mass is 16.5. The molecule has 0 N–H and O–H groups in total. The van der Waals surface area contributed by atoms with Crippen molar-refractivity contribution in [3.8, 4) is 0 Å². The molecule has 1 aromatic carbocycles. The largest absolute Gasteiger partial charge is 0.453 e. The Labute approximate surface area is 140 Å². The van der Waals surface area contributed by atoms with Gasteiger partial charge in [-0.25, -0.2) is 4.79 Å². The molecule has 0 aliphatic carbocycles. The van der Waals surface area contributed by atoms with Crippen LogP contribution in [0.15, 0.2) is 24.3 Å². The molecule has 2 amide bonds. The van der Waals surface area contributed by atoms with Gasteiger partial charge in [-0.2, -0.15) is 0 Å². The molecule has 0 unspecified atom stereocenters. The number of hydrogen-bond acceptors (Lipinski definition) is 5. The molecular formula is C18H21NO5. The van der Waals surface area contributed by atoms with Gasteiger partial charge in [-0.1, -0.05) is 26.0 Å². The number of rotatable bonds is 6. The standard InChI is InChI=1S/C18H21NO5/c1-10(2)9-15(18(23)24-12(4)11(3)20)19-16(21)13-7-5-6-8-14(13)17(19)22/h5-8,10,12,15H,9H2,1-4H3/t12-,15+/m1/s1. The molecule has 1 aliphatic rings. The fraction of sp³-hybridized carbons (Fsp3) is 0.444. The minimum Gasteiger partial charge on any atom is -0.453 e. The fourth-order valence-corrected chi connectivity index (χ4v) is 2.58. The van der Waals surface area contributed by atoms with E-state index in [1.807, 2.05) is 13.8 Å². The molecule has 6 heteroatoms. The first kappa shape index (κ1) is 17.8. The number of imide groups is 1. The Morgan fingerprint density at radius 2 is 1.54 bits per heavy atom. The van der Waals surface area contributed by atoms with E-state index in [0.717, 1.165) is 4.90 Å². The van der Waals surface area contributed by atoms with E-state index in [1.54, 1.807) is 24.3 Å². The van der Waals surface area contributed by atoms with Crippen LogP contribution in [0.4, 0.5) is 0 Å². The Morgan fingerprint density at radius 1 is 1.04 bits per heavy atom. The normalized spacial score (nSPS) is 16.1. The van der Waals surface area contributed by atoms with Crippen LogP contribution in [0.3, 0.4) is 0 Å². The molecule has 1 aliphatic heterocycles. The second-order valence-corrected chi connectivity index (χ2v) is 6.36. The van der Waals surface area contributed by atoms with Gasteiger partial charge in [0.25, 0.3) is 11.8 Å². The van der Waals surface area contributed by atoms with Crippen LogP contribution in [0.25, 0.3) is 0 Å². The van der Waals surface area contributed by atoms with E-state index in [9.17, 15) is 19.2 Å². The molecule has 0 fully saturated rings.